The van der Waals surface area contributed by atoms with Crippen molar-refractivity contribution in [2.45, 2.75) is 26.4 Å². The zero-order chi connectivity index (χ0) is 19.7. The van der Waals surface area contributed by atoms with E-state index < -0.39 is 0 Å². The van der Waals surface area contributed by atoms with Crippen molar-refractivity contribution in [3.63, 3.8) is 0 Å². The molecule has 0 saturated carbocycles. The first-order chi connectivity index (χ1) is 13.5. The molecule has 0 N–H and O–H groups in total. The predicted octanol–water partition coefficient (Wildman–Crippen LogP) is 7.50. The number of halogens is 2. The lowest BCUT2D eigenvalue weighted by atomic mass is 10.0. The van der Waals surface area contributed by atoms with Crippen LogP contribution >= 0.6 is 23.2 Å². The minimum atomic E-state index is 0.371. The Kier molecular flexibility index (Phi) is 5.29. The number of fused-ring (bicyclic) bond motifs is 1. The highest BCUT2D eigenvalue weighted by Crippen LogP contribution is 2.28. The van der Waals surface area contributed by atoms with Crippen molar-refractivity contribution in [1.29, 1.82) is 0 Å². The quantitative estimate of drug-likeness (QED) is 0.340. The van der Waals surface area contributed by atoms with Crippen LogP contribution in [0.25, 0.3) is 22.6 Å². The first kappa shape index (κ1) is 18.9. The average molecular weight is 412 g/mol. The molecule has 0 saturated heterocycles. The molecule has 0 unspecified atom stereocenters. The zero-order valence-electron chi connectivity index (χ0n) is 15.6. The van der Waals surface area contributed by atoms with Crippen molar-refractivity contribution in [1.82, 2.24) is 4.98 Å². The van der Waals surface area contributed by atoms with Crippen molar-refractivity contribution in [2.75, 3.05) is 0 Å². The smallest absolute Gasteiger partial charge is 0.227 e. The minimum absolute atomic E-state index is 0.371. The Hall–Kier alpha value is -2.49. The first-order valence-electron chi connectivity index (χ1n) is 9.07. The molecule has 0 aliphatic rings. The van der Waals surface area contributed by atoms with Gasteiger partial charge in [-0.3, -0.25) is 0 Å². The summed E-state index contributed by atoms with van der Waals surface area (Å²) < 4.78 is 11.7. The number of aromatic nitrogens is 1. The number of hydrogen-bond acceptors (Lipinski definition) is 3. The Labute approximate surface area is 173 Å². The third-order valence-electron chi connectivity index (χ3n) is 4.59. The summed E-state index contributed by atoms with van der Waals surface area (Å²) in [4.78, 5) is 4.63. The molecule has 1 aromatic heterocycles. The maximum absolute atomic E-state index is 6.19. The van der Waals surface area contributed by atoms with Crippen LogP contribution in [0.3, 0.4) is 0 Å². The molecular formula is C23H19Cl2NO2. The van der Waals surface area contributed by atoms with Crippen LogP contribution in [0.1, 0.15) is 30.9 Å². The van der Waals surface area contributed by atoms with E-state index in [9.17, 15) is 0 Å². The van der Waals surface area contributed by atoms with E-state index in [1.54, 1.807) is 12.1 Å². The van der Waals surface area contributed by atoms with Gasteiger partial charge in [0.15, 0.2) is 5.58 Å². The summed E-state index contributed by atoms with van der Waals surface area (Å²) in [5.41, 5.74) is 4.70. The molecule has 0 radical (unpaired) electrons. The van der Waals surface area contributed by atoms with Crippen LogP contribution in [0.2, 0.25) is 10.0 Å². The zero-order valence-corrected chi connectivity index (χ0v) is 17.1. The summed E-state index contributed by atoms with van der Waals surface area (Å²) >= 11 is 12.1. The van der Waals surface area contributed by atoms with E-state index in [2.05, 4.69) is 31.0 Å². The molecule has 0 aliphatic carbocycles. The summed E-state index contributed by atoms with van der Waals surface area (Å²) in [7, 11) is 0. The predicted molar refractivity (Wildman–Crippen MR) is 114 cm³/mol. The highest BCUT2D eigenvalue weighted by Gasteiger charge is 2.10. The highest BCUT2D eigenvalue weighted by molar-refractivity contribution is 6.35. The van der Waals surface area contributed by atoms with Gasteiger partial charge in [-0.05, 0) is 60.0 Å². The second-order valence-electron chi connectivity index (χ2n) is 6.95. The van der Waals surface area contributed by atoms with Gasteiger partial charge in [0.05, 0.1) is 0 Å². The van der Waals surface area contributed by atoms with Crippen LogP contribution in [0.5, 0.6) is 5.75 Å². The molecular weight excluding hydrogens is 393 g/mol. The van der Waals surface area contributed by atoms with Crippen LogP contribution in [0.15, 0.2) is 65.1 Å². The number of rotatable bonds is 5. The standard InChI is InChI=1S/C23H19Cl2NO2/c1-14(2)16-6-10-22-21(11-16)26-23(28-22)15-4-8-19(9-5-15)27-13-17-3-7-18(24)12-20(17)25/h3-12,14H,13H2,1-2H3. The molecule has 142 valence electrons. The van der Waals surface area contributed by atoms with Crippen LogP contribution < -0.4 is 4.74 Å². The van der Waals surface area contributed by atoms with Gasteiger partial charge in [0.25, 0.3) is 0 Å². The van der Waals surface area contributed by atoms with Crippen LogP contribution in [-0.2, 0) is 6.61 Å². The first-order valence-corrected chi connectivity index (χ1v) is 9.83. The van der Waals surface area contributed by atoms with E-state index in [0.29, 0.717) is 28.5 Å². The second-order valence-corrected chi connectivity index (χ2v) is 7.79. The number of ether oxygens (including phenoxy) is 1. The van der Waals surface area contributed by atoms with Gasteiger partial charge < -0.3 is 9.15 Å². The SMILES string of the molecule is CC(C)c1ccc2oc(-c3ccc(OCc4ccc(Cl)cc4Cl)cc3)nc2c1. The number of oxazole rings is 1. The fourth-order valence-corrected chi connectivity index (χ4v) is 3.38. The van der Waals surface area contributed by atoms with E-state index in [1.807, 2.05) is 36.4 Å². The van der Waals surface area contributed by atoms with Crippen molar-refractivity contribution < 1.29 is 9.15 Å². The van der Waals surface area contributed by atoms with E-state index >= 15 is 0 Å². The van der Waals surface area contributed by atoms with Crippen LogP contribution in [0.4, 0.5) is 0 Å². The Morgan fingerprint density at radius 2 is 1.75 bits per heavy atom. The summed E-state index contributed by atoms with van der Waals surface area (Å²) in [6.07, 6.45) is 0. The molecule has 3 aromatic carbocycles. The van der Waals surface area contributed by atoms with Gasteiger partial charge >= 0.3 is 0 Å². The third kappa shape index (κ3) is 4.01. The third-order valence-corrected chi connectivity index (χ3v) is 5.18. The lowest BCUT2D eigenvalue weighted by molar-refractivity contribution is 0.306. The summed E-state index contributed by atoms with van der Waals surface area (Å²) in [6.45, 7) is 4.70. The topological polar surface area (TPSA) is 35.3 Å². The number of nitrogens with zero attached hydrogens (tertiary/aromatic N) is 1. The van der Waals surface area contributed by atoms with Gasteiger partial charge in [-0.2, -0.15) is 0 Å². The van der Waals surface area contributed by atoms with Gasteiger partial charge in [-0.25, -0.2) is 4.98 Å². The molecule has 0 atom stereocenters. The van der Waals surface area contributed by atoms with Crippen molar-refractivity contribution in [3.05, 3.63) is 81.8 Å². The molecule has 0 fully saturated rings. The van der Waals surface area contributed by atoms with E-state index in [4.69, 9.17) is 32.4 Å². The largest absolute Gasteiger partial charge is 0.489 e. The summed E-state index contributed by atoms with van der Waals surface area (Å²) in [6, 6.07) is 19.2. The Morgan fingerprint density at radius 3 is 2.46 bits per heavy atom. The number of benzene rings is 3. The van der Waals surface area contributed by atoms with Gasteiger partial charge in [-0.15, -0.1) is 0 Å². The van der Waals surface area contributed by atoms with E-state index in [0.717, 1.165) is 28.0 Å². The molecule has 28 heavy (non-hydrogen) atoms. The van der Waals surface area contributed by atoms with Crippen molar-refractivity contribution in [2.24, 2.45) is 0 Å². The van der Waals surface area contributed by atoms with Gasteiger partial charge in [0.1, 0.15) is 17.9 Å². The molecule has 4 aromatic rings. The minimum Gasteiger partial charge on any atom is -0.489 e. The van der Waals surface area contributed by atoms with E-state index in [-0.39, 0.29) is 0 Å². The van der Waals surface area contributed by atoms with Gasteiger partial charge in [0.2, 0.25) is 5.89 Å². The van der Waals surface area contributed by atoms with Crippen molar-refractivity contribution in [3.8, 4) is 17.2 Å². The Balaban J connectivity index is 1.50. The van der Waals surface area contributed by atoms with E-state index in [1.165, 1.54) is 5.56 Å². The average Bonchev–Trinajstić information content (AvgIpc) is 3.11. The lowest BCUT2D eigenvalue weighted by Gasteiger charge is -2.08. The maximum atomic E-state index is 6.19. The fraction of sp³-hybridized carbons (Fsp3) is 0.174. The van der Waals surface area contributed by atoms with Crippen molar-refractivity contribution >= 4 is 34.3 Å². The monoisotopic (exact) mass is 411 g/mol. The molecule has 0 bridgehead atoms. The highest BCUT2D eigenvalue weighted by atomic mass is 35.5. The summed E-state index contributed by atoms with van der Waals surface area (Å²) in [5, 5.41) is 1.20. The fourth-order valence-electron chi connectivity index (χ4n) is 2.92. The lowest BCUT2D eigenvalue weighted by Crippen LogP contribution is -1.96. The maximum Gasteiger partial charge on any atom is 0.227 e. The molecule has 0 amide bonds. The summed E-state index contributed by atoms with van der Waals surface area (Å²) in [5.74, 6) is 1.80. The van der Waals surface area contributed by atoms with Crippen LogP contribution in [0, 0.1) is 0 Å². The molecule has 1 heterocycles. The molecule has 0 spiro atoms. The molecule has 4 rings (SSSR count). The normalized spacial score (nSPS) is 11.3. The number of hydrogen-bond donors (Lipinski definition) is 0. The molecule has 0 aliphatic heterocycles. The van der Waals surface area contributed by atoms with Crippen LogP contribution in [-0.4, -0.2) is 4.98 Å². The van der Waals surface area contributed by atoms with Gasteiger partial charge in [-0.1, -0.05) is 49.2 Å². The second kappa shape index (κ2) is 7.86. The molecule has 3 nitrogen and oxygen atoms in total. The molecule has 5 heteroatoms. The Morgan fingerprint density at radius 1 is 0.964 bits per heavy atom. The Bertz CT molecular complexity index is 1120. The van der Waals surface area contributed by atoms with Gasteiger partial charge in [0, 0.05) is 21.2 Å².